The van der Waals surface area contributed by atoms with Crippen LogP contribution in [0.5, 0.6) is 0 Å². The van der Waals surface area contributed by atoms with Crippen molar-refractivity contribution in [1.29, 1.82) is 0 Å². The van der Waals surface area contributed by atoms with Crippen molar-refractivity contribution in [2.75, 3.05) is 0 Å². The van der Waals surface area contributed by atoms with Crippen molar-refractivity contribution in [1.82, 2.24) is 0 Å². The maximum Gasteiger partial charge on any atom is 0.391 e. The quantitative estimate of drug-likeness (QED) is 0.778. The number of alkyl halides is 3. The molecule has 0 radical (unpaired) electrons. The van der Waals surface area contributed by atoms with E-state index in [-0.39, 0.29) is 18.8 Å². The van der Waals surface area contributed by atoms with Crippen molar-refractivity contribution in [2.45, 2.75) is 37.9 Å². The van der Waals surface area contributed by atoms with Crippen LogP contribution in [0.15, 0.2) is 18.2 Å². The van der Waals surface area contributed by atoms with Gasteiger partial charge in [-0.1, -0.05) is 35.7 Å². The van der Waals surface area contributed by atoms with Crippen LogP contribution in [-0.4, -0.2) is 6.18 Å². The molecule has 1 aromatic rings. The first-order valence-corrected chi connectivity index (χ1v) is 7.32. The first-order chi connectivity index (χ1) is 9.29. The lowest BCUT2D eigenvalue weighted by Gasteiger charge is -2.34. The fourth-order valence-corrected chi connectivity index (χ4v) is 3.15. The van der Waals surface area contributed by atoms with E-state index in [1.165, 1.54) is 0 Å². The van der Waals surface area contributed by atoms with E-state index in [1.807, 2.05) is 0 Å². The summed E-state index contributed by atoms with van der Waals surface area (Å²) in [7, 11) is 0. The third-order valence-corrected chi connectivity index (χ3v) is 4.75. The van der Waals surface area contributed by atoms with Gasteiger partial charge in [0.2, 0.25) is 0 Å². The number of rotatable bonds is 2. The van der Waals surface area contributed by atoms with Crippen LogP contribution in [0.2, 0.25) is 10.0 Å². The average molecular weight is 326 g/mol. The molecule has 6 heteroatoms. The lowest BCUT2D eigenvalue weighted by Crippen LogP contribution is -2.33. The van der Waals surface area contributed by atoms with Crippen molar-refractivity contribution in [3.8, 4) is 0 Å². The fourth-order valence-electron chi connectivity index (χ4n) is 2.84. The van der Waals surface area contributed by atoms with Gasteiger partial charge in [0.05, 0.1) is 16.0 Å². The van der Waals surface area contributed by atoms with E-state index in [9.17, 15) is 13.2 Å². The molecular formula is C14H16Cl2F3N. The van der Waals surface area contributed by atoms with Crippen LogP contribution in [0, 0.1) is 11.8 Å². The Bertz CT molecular complexity index is 476. The van der Waals surface area contributed by atoms with E-state index in [2.05, 4.69) is 0 Å². The van der Waals surface area contributed by atoms with Gasteiger partial charge in [0.15, 0.2) is 0 Å². The van der Waals surface area contributed by atoms with E-state index in [1.54, 1.807) is 18.2 Å². The first kappa shape index (κ1) is 15.9. The number of benzene rings is 1. The molecule has 112 valence electrons. The van der Waals surface area contributed by atoms with Crippen molar-refractivity contribution in [3.05, 3.63) is 33.8 Å². The van der Waals surface area contributed by atoms with Gasteiger partial charge in [-0.25, -0.2) is 0 Å². The Hall–Kier alpha value is -0.450. The zero-order chi connectivity index (χ0) is 14.9. The minimum atomic E-state index is -4.13. The fraction of sp³-hybridized carbons (Fsp3) is 0.571. The highest BCUT2D eigenvalue weighted by molar-refractivity contribution is 6.42. The van der Waals surface area contributed by atoms with Gasteiger partial charge < -0.3 is 5.73 Å². The van der Waals surface area contributed by atoms with Gasteiger partial charge in [-0.2, -0.15) is 13.2 Å². The number of nitrogens with two attached hydrogens (primary N) is 1. The summed E-state index contributed by atoms with van der Waals surface area (Å²) in [6.45, 7) is 0. The third-order valence-electron chi connectivity index (χ3n) is 4.01. The summed E-state index contributed by atoms with van der Waals surface area (Å²) in [6.07, 6.45) is -2.56. The van der Waals surface area contributed by atoms with Gasteiger partial charge in [0, 0.05) is 6.04 Å². The molecule has 0 spiro atoms. The van der Waals surface area contributed by atoms with E-state index in [0.29, 0.717) is 22.9 Å². The number of hydrogen-bond donors (Lipinski definition) is 1. The zero-order valence-electron chi connectivity index (χ0n) is 10.8. The minimum Gasteiger partial charge on any atom is -0.324 e. The first-order valence-electron chi connectivity index (χ1n) is 6.56. The largest absolute Gasteiger partial charge is 0.391 e. The second kappa shape index (κ2) is 6.12. The second-order valence-corrected chi connectivity index (χ2v) is 6.18. The minimum absolute atomic E-state index is 0.0882. The molecule has 20 heavy (non-hydrogen) atoms. The zero-order valence-corrected chi connectivity index (χ0v) is 12.3. The van der Waals surface area contributed by atoms with E-state index in [4.69, 9.17) is 28.9 Å². The summed E-state index contributed by atoms with van der Waals surface area (Å²) in [5.74, 6) is -1.41. The monoisotopic (exact) mass is 325 g/mol. The smallest absolute Gasteiger partial charge is 0.324 e. The molecule has 1 fully saturated rings. The predicted molar refractivity (Wildman–Crippen MR) is 74.9 cm³/mol. The van der Waals surface area contributed by atoms with Crippen LogP contribution in [0.3, 0.4) is 0 Å². The van der Waals surface area contributed by atoms with Crippen molar-refractivity contribution < 1.29 is 13.2 Å². The highest BCUT2D eigenvalue weighted by Crippen LogP contribution is 2.43. The molecule has 1 nitrogen and oxygen atoms in total. The molecule has 3 atom stereocenters. The molecule has 0 aromatic heterocycles. The molecule has 0 aliphatic heterocycles. The Balaban J connectivity index is 2.12. The topological polar surface area (TPSA) is 26.0 Å². The molecule has 1 aliphatic carbocycles. The second-order valence-electron chi connectivity index (χ2n) is 5.36. The van der Waals surface area contributed by atoms with Gasteiger partial charge in [-0.15, -0.1) is 0 Å². The van der Waals surface area contributed by atoms with Crippen LogP contribution in [0.25, 0.3) is 0 Å². The molecule has 1 aromatic carbocycles. The third kappa shape index (κ3) is 3.60. The van der Waals surface area contributed by atoms with Gasteiger partial charge in [0.1, 0.15) is 0 Å². The number of halogens is 5. The summed E-state index contributed by atoms with van der Waals surface area (Å²) < 4.78 is 38.5. The normalized spacial score (nSPS) is 25.5. The van der Waals surface area contributed by atoms with Crippen LogP contribution in [0.1, 0.15) is 37.3 Å². The maximum atomic E-state index is 12.8. The Kier molecular flexibility index (Phi) is 4.88. The van der Waals surface area contributed by atoms with Crippen molar-refractivity contribution >= 4 is 23.2 Å². The van der Waals surface area contributed by atoms with Crippen LogP contribution in [-0.2, 0) is 0 Å². The van der Waals surface area contributed by atoms with Gasteiger partial charge in [-0.05, 0) is 42.9 Å². The lowest BCUT2D eigenvalue weighted by molar-refractivity contribution is -0.186. The Morgan fingerprint density at radius 3 is 2.45 bits per heavy atom. The summed E-state index contributed by atoms with van der Waals surface area (Å²) in [4.78, 5) is 0. The van der Waals surface area contributed by atoms with Gasteiger partial charge in [0.25, 0.3) is 0 Å². The summed E-state index contributed by atoms with van der Waals surface area (Å²) in [5, 5.41) is 0.794. The summed E-state index contributed by atoms with van der Waals surface area (Å²) >= 11 is 11.8. The maximum absolute atomic E-state index is 12.8. The van der Waals surface area contributed by atoms with Crippen molar-refractivity contribution in [3.63, 3.8) is 0 Å². The Morgan fingerprint density at radius 1 is 1.15 bits per heavy atom. The molecule has 3 unspecified atom stereocenters. The SMILES string of the molecule is NC(c1ccc(Cl)c(Cl)c1)C1CCCC(C(F)(F)F)C1. The molecule has 1 aliphatic rings. The van der Waals surface area contributed by atoms with E-state index in [0.717, 1.165) is 5.56 Å². The van der Waals surface area contributed by atoms with Crippen molar-refractivity contribution in [2.24, 2.45) is 17.6 Å². The molecule has 0 bridgehead atoms. The summed E-state index contributed by atoms with van der Waals surface area (Å²) in [5.41, 5.74) is 6.87. The van der Waals surface area contributed by atoms with Gasteiger partial charge in [-0.3, -0.25) is 0 Å². The molecule has 2 N–H and O–H groups in total. The number of hydrogen-bond acceptors (Lipinski definition) is 1. The lowest BCUT2D eigenvalue weighted by atomic mass is 9.76. The molecule has 0 amide bonds. The Morgan fingerprint density at radius 2 is 1.85 bits per heavy atom. The van der Waals surface area contributed by atoms with Crippen LogP contribution >= 0.6 is 23.2 Å². The molecule has 0 saturated heterocycles. The van der Waals surface area contributed by atoms with Crippen LogP contribution in [0.4, 0.5) is 13.2 Å². The molecule has 2 rings (SSSR count). The van der Waals surface area contributed by atoms with E-state index < -0.39 is 18.1 Å². The molecule has 0 heterocycles. The molecule has 1 saturated carbocycles. The summed E-state index contributed by atoms with van der Waals surface area (Å²) in [6, 6.07) is 4.57. The molecular weight excluding hydrogens is 310 g/mol. The average Bonchev–Trinajstić information content (AvgIpc) is 2.40. The highest BCUT2D eigenvalue weighted by atomic mass is 35.5. The predicted octanol–water partition coefficient (Wildman–Crippen LogP) is 5.36. The standard InChI is InChI=1S/C14H16Cl2F3N/c15-11-5-4-9(7-12(11)16)13(20)8-2-1-3-10(6-8)14(17,18)19/h4-5,7-8,10,13H,1-3,6,20H2. The van der Waals surface area contributed by atoms with E-state index >= 15 is 0 Å². The Labute approximate surface area is 126 Å². The van der Waals surface area contributed by atoms with Gasteiger partial charge >= 0.3 is 6.18 Å². The van der Waals surface area contributed by atoms with Crippen LogP contribution < -0.4 is 5.73 Å². The highest BCUT2D eigenvalue weighted by Gasteiger charge is 2.43.